The molecule has 0 aromatic carbocycles. The Hall–Kier alpha value is -2.42. The van der Waals surface area contributed by atoms with Crippen LogP contribution in [0.2, 0.25) is 0 Å². The molecule has 2 aliphatic heterocycles. The van der Waals surface area contributed by atoms with Crippen molar-refractivity contribution in [2.24, 2.45) is 0 Å². The molecule has 2 atom stereocenters. The number of hydrogen-bond donors (Lipinski definition) is 2. The number of aromatic nitrogens is 2. The predicted molar refractivity (Wildman–Crippen MR) is 79.1 cm³/mol. The summed E-state index contributed by atoms with van der Waals surface area (Å²) in [5.41, 5.74) is 1.72. The highest BCUT2D eigenvalue weighted by Crippen LogP contribution is 2.33. The standard InChI is InChI=1S/C14H19N5O4/c1-8(2)23-14(21)19-7-10-3-11(19)6-18(10)13-15-4-9(5-16-13)12(20)17-22/h4-5,8,10-11,22H,3,6-7H2,1-2H3,(H,17,20)/t10-,11-/m0/s1. The van der Waals surface area contributed by atoms with E-state index in [4.69, 9.17) is 9.94 Å². The van der Waals surface area contributed by atoms with E-state index in [-0.39, 0.29) is 29.8 Å². The number of ether oxygens (including phenoxy) is 1. The molecule has 0 saturated carbocycles. The van der Waals surface area contributed by atoms with Crippen LogP contribution in [0, 0.1) is 0 Å². The monoisotopic (exact) mass is 321 g/mol. The molecule has 2 N–H and O–H groups in total. The van der Waals surface area contributed by atoms with Crippen molar-refractivity contribution in [3.63, 3.8) is 0 Å². The van der Waals surface area contributed by atoms with Gasteiger partial charge in [0.15, 0.2) is 0 Å². The Morgan fingerprint density at radius 2 is 2.00 bits per heavy atom. The maximum absolute atomic E-state index is 12.0. The summed E-state index contributed by atoms with van der Waals surface area (Å²) >= 11 is 0. The van der Waals surface area contributed by atoms with Crippen LogP contribution in [0.5, 0.6) is 0 Å². The summed E-state index contributed by atoms with van der Waals surface area (Å²) in [6.45, 7) is 4.88. The number of carbonyl (C=O) groups excluding carboxylic acids is 2. The van der Waals surface area contributed by atoms with Crippen LogP contribution in [0.15, 0.2) is 12.4 Å². The van der Waals surface area contributed by atoms with Crippen molar-refractivity contribution in [3.05, 3.63) is 18.0 Å². The molecule has 1 aromatic heterocycles. The van der Waals surface area contributed by atoms with Crippen molar-refractivity contribution in [2.75, 3.05) is 18.0 Å². The summed E-state index contributed by atoms with van der Waals surface area (Å²) in [5, 5.41) is 8.58. The first-order valence-electron chi connectivity index (χ1n) is 7.50. The number of piperazine rings is 1. The number of hydrogen-bond acceptors (Lipinski definition) is 7. The Balaban J connectivity index is 1.65. The normalized spacial score (nSPS) is 22.6. The van der Waals surface area contributed by atoms with Gasteiger partial charge in [-0.2, -0.15) is 0 Å². The van der Waals surface area contributed by atoms with E-state index in [0.29, 0.717) is 19.0 Å². The van der Waals surface area contributed by atoms with Crippen molar-refractivity contribution >= 4 is 17.9 Å². The summed E-state index contributed by atoms with van der Waals surface area (Å²) < 4.78 is 5.25. The smallest absolute Gasteiger partial charge is 0.410 e. The second kappa shape index (κ2) is 5.99. The molecule has 0 spiro atoms. The van der Waals surface area contributed by atoms with Crippen LogP contribution in [0.25, 0.3) is 0 Å². The number of rotatable bonds is 3. The first-order valence-corrected chi connectivity index (χ1v) is 7.50. The van der Waals surface area contributed by atoms with E-state index in [1.807, 2.05) is 18.7 Å². The zero-order chi connectivity index (χ0) is 16.6. The van der Waals surface area contributed by atoms with Crippen LogP contribution in [0.4, 0.5) is 10.7 Å². The Bertz CT molecular complexity index is 606. The Morgan fingerprint density at radius 3 is 2.52 bits per heavy atom. The highest BCUT2D eigenvalue weighted by molar-refractivity contribution is 5.92. The molecule has 1 aromatic rings. The lowest BCUT2D eigenvalue weighted by atomic mass is 10.2. The Labute approximate surface area is 133 Å². The van der Waals surface area contributed by atoms with Crippen molar-refractivity contribution < 1.29 is 19.5 Å². The molecule has 124 valence electrons. The first kappa shape index (κ1) is 15.5. The minimum absolute atomic E-state index is 0.0928. The van der Waals surface area contributed by atoms with E-state index in [1.165, 1.54) is 12.4 Å². The number of amides is 2. The van der Waals surface area contributed by atoms with E-state index < -0.39 is 5.91 Å². The fourth-order valence-electron chi connectivity index (χ4n) is 3.06. The van der Waals surface area contributed by atoms with Crippen LogP contribution in [-0.4, -0.2) is 63.4 Å². The van der Waals surface area contributed by atoms with Gasteiger partial charge in [-0.15, -0.1) is 0 Å². The number of nitrogens with zero attached hydrogens (tertiary/aromatic N) is 4. The van der Waals surface area contributed by atoms with Crippen LogP contribution in [-0.2, 0) is 4.74 Å². The molecular formula is C14H19N5O4. The second-order valence-electron chi connectivity index (χ2n) is 5.99. The van der Waals surface area contributed by atoms with Gasteiger partial charge < -0.3 is 14.5 Å². The quantitative estimate of drug-likeness (QED) is 0.613. The summed E-state index contributed by atoms with van der Waals surface area (Å²) in [7, 11) is 0. The van der Waals surface area contributed by atoms with Crippen LogP contribution in [0.3, 0.4) is 0 Å². The number of nitrogens with one attached hydrogen (secondary N) is 1. The maximum atomic E-state index is 12.0. The highest BCUT2D eigenvalue weighted by atomic mass is 16.6. The lowest BCUT2D eigenvalue weighted by Gasteiger charge is -2.33. The van der Waals surface area contributed by atoms with Crippen molar-refractivity contribution in [1.29, 1.82) is 0 Å². The molecule has 23 heavy (non-hydrogen) atoms. The summed E-state index contributed by atoms with van der Waals surface area (Å²) in [6.07, 6.45) is 3.18. The zero-order valence-corrected chi connectivity index (χ0v) is 13.0. The van der Waals surface area contributed by atoms with Gasteiger partial charge in [-0.25, -0.2) is 20.2 Å². The minimum Gasteiger partial charge on any atom is -0.447 e. The van der Waals surface area contributed by atoms with Gasteiger partial charge in [0, 0.05) is 25.5 Å². The van der Waals surface area contributed by atoms with E-state index >= 15 is 0 Å². The average molecular weight is 321 g/mol. The SMILES string of the molecule is CC(C)OC(=O)N1C[C@@H]2C[C@H]1CN2c1ncc(C(=O)NO)cn1. The molecule has 2 fully saturated rings. The van der Waals surface area contributed by atoms with Gasteiger partial charge in [0.1, 0.15) is 0 Å². The van der Waals surface area contributed by atoms with Crippen molar-refractivity contribution in [3.8, 4) is 0 Å². The van der Waals surface area contributed by atoms with E-state index in [9.17, 15) is 9.59 Å². The van der Waals surface area contributed by atoms with Gasteiger partial charge in [-0.05, 0) is 20.3 Å². The van der Waals surface area contributed by atoms with Gasteiger partial charge in [-0.3, -0.25) is 10.0 Å². The maximum Gasteiger partial charge on any atom is 0.410 e. The molecule has 9 nitrogen and oxygen atoms in total. The fraction of sp³-hybridized carbons (Fsp3) is 0.571. The number of hydroxylamine groups is 1. The summed E-state index contributed by atoms with van der Waals surface area (Å²) in [4.78, 5) is 35.4. The van der Waals surface area contributed by atoms with Crippen LogP contribution < -0.4 is 10.4 Å². The predicted octanol–water partition coefficient (Wildman–Crippen LogP) is 0.404. The topological polar surface area (TPSA) is 108 Å². The Morgan fingerprint density at radius 1 is 1.30 bits per heavy atom. The van der Waals surface area contributed by atoms with Gasteiger partial charge in [0.2, 0.25) is 5.95 Å². The molecule has 2 bridgehead atoms. The average Bonchev–Trinajstić information content (AvgIpc) is 3.14. The summed E-state index contributed by atoms with van der Waals surface area (Å²) in [5.74, 6) is -0.133. The van der Waals surface area contributed by atoms with E-state index in [1.54, 1.807) is 10.4 Å². The molecule has 0 unspecified atom stereocenters. The molecule has 2 saturated heterocycles. The largest absolute Gasteiger partial charge is 0.447 e. The number of anilines is 1. The lowest BCUT2D eigenvalue weighted by molar-refractivity contribution is 0.0700. The van der Waals surface area contributed by atoms with Gasteiger partial charge >= 0.3 is 6.09 Å². The van der Waals surface area contributed by atoms with Gasteiger partial charge in [0.25, 0.3) is 5.91 Å². The molecule has 0 radical (unpaired) electrons. The number of fused-ring (bicyclic) bond motifs is 2. The van der Waals surface area contributed by atoms with Crippen molar-refractivity contribution in [2.45, 2.75) is 38.5 Å². The summed E-state index contributed by atoms with van der Waals surface area (Å²) in [6, 6.07) is 0.243. The fourth-order valence-corrected chi connectivity index (χ4v) is 3.06. The highest BCUT2D eigenvalue weighted by Gasteiger charge is 2.47. The molecule has 3 heterocycles. The third-order valence-electron chi connectivity index (χ3n) is 4.07. The number of likely N-dealkylation sites (tertiary alicyclic amines) is 1. The Kier molecular flexibility index (Phi) is 4.03. The van der Waals surface area contributed by atoms with Crippen LogP contribution >= 0.6 is 0 Å². The van der Waals surface area contributed by atoms with Crippen molar-refractivity contribution in [1.82, 2.24) is 20.3 Å². The van der Waals surface area contributed by atoms with Gasteiger partial charge in [-0.1, -0.05) is 0 Å². The molecule has 2 amide bonds. The molecule has 2 aliphatic rings. The van der Waals surface area contributed by atoms with Crippen LogP contribution in [0.1, 0.15) is 30.6 Å². The van der Waals surface area contributed by atoms with Gasteiger partial charge in [0.05, 0.1) is 23.8 Å². The number of carbonyl (C=O) groups is 2. The first-order chi connectivity index (χ1) is 11.0. The molecular weight excluding hydrogens is 302 g/mol. The zero-order valence-electron chi connectivity index (χ0n) is 13.0. The van der Waals surface area contributed by atoms with E-state index in [0.717, 1.165) is 6.42 Å². The molecule has 3 rings (SSSR count). The van der Waals surface area contributed by atoms with E-state index in [2.05, 4.69) is 9.97 Å². The third kappa shape index (κ3) is 2.91. The molecule has 9 heteroatoms. The third-order valence-corrected chi connectivity index (χ3v) is 4.07. The second-order valence-corrected chi connectivity index (χ2v) is 5.99. The molecule has 0 aliphatic carbocycles. The lowest BCUT2D eigenvalue weighted by Crippen LogP contribution is -2.49. The minimum atomic E-state index is -0.651.